The highest BCUT2D eigenvalue weighted by Gasteiger charge is 2.37. The number of hydrogen-bond acceptors (Lipinski definition) is 6. The van der Waals surface area contributed by atoms with Crippen LogP contribution in [0.4, 0.5) is 0 Å². The zero-order valence-electron chi connectivity index (χ0n) is 15.0. The zero-order chi connectivity index (χ0) is 19.4. The van der Waals surface area contributed by atoms with E-state index in [2.05, 4.69) is 0 Å². The van der Waals surface area contributed by atoms with Crippen molar-refractivity contribution in [3.8, 4) is 11.1 Å². The maximum absolute atomic E-state index is 11.7. The van der Waals surface area contributed by atoms with Crippen LogP contribution >= 0.6 is 23.4 Å². The van der Waals surface area contributed by atoms with Gasteiger partial charge in [-0.1, -0.05) is 35.9 Å². The number of hydrogen-bond donors (Lipinski definition) is 2. The summed E-state index contributed by atoms with van der Waals surface area (Å²) in [6.07, 6.45) is 0.0658. The number of carbonyl (C=O) groups excluding carboxylic acids is 1. The number of methoxy groups -OCH3 is 1. The Hall–Kier alpha value is -1.57. The molecule has 0 aromatic heterocycles. The molecule has 1 aliphatic heterocycles. The summed E-state index contributed by atoms with van der Waals surface area (Å²) >= 11 is 7.78. The van der Waals surface area contributed by atoms with E-state index in [1.54, 1.807) is 47.0 Å². The van der Waals surface area contributed by atoms with E-state index in [0.717, 1.165) is 17.1 Å². The second-order valence-corrected chi connectivity index (χ2v) is 8.04. The van der Waals surface area contributed by atoms with E-state index < -0.39 is 5.91 Å². The van der Waals surface area contributed by atoms with Crippen LogP contribution in [0.25, 0.3) is 11.1 Å². The molecule has 2 aromatic rings. The van der Waals surface area contributed by atoms with Crippen LogP contribution in [0.5, 0.6) is 0 Å². The van der Waals surface area contributed by atoms with Gasteiger partial charge in [-0.05, 0) is 34.9 Å². The van der Waals surface area contributed by atoms with Crippen LogP contribution in [0.15, 0.2) is 42.5 Å². The molecule has 0 atom stereocenters. The number of halogens is 1. The first kappa shape index (κ1) is 20.2. The minimum atomic E-state index is -2.14. The van der Waals surface area contributed by atoms with Gasteiger partial charge in [-0.3, -0.25) is 4.79 Å². The normalized spacial score (nSPS) is 15.6. The summed E-state index contributed by atoms with van der Waals surface area (Å²) in [6.45, 7) is 1.14. The van der Waals surface area contributed by atoms with Crippen molar-refractivity contribution in [2.24, 2.45) is 0 Å². The third-order valence-electron chi connectivity index (χ3n) is 4.63. The molecular formula is C20H22ClNO4S. The molecule has 0 radical (unpaired) electrons. The van der Waals surface area contributed by atoms with E-state index in [0.29, 0.717) is 34.8 Å². The summed E-state index contributed by atoms with van der Waals surface area (Å²) in [6, 6.07) is 12.5. The number of benzene rings is 2. The topological polar surface area (TPSA) is 70.0 Å². The van der Waals surface area contributed by atoms with Gasteiger partial charge in [-0.15, -0.1) is 0 Å². The molecule has 0 bridgehead atoms. The maximum Gasteiger partial charge on any atom is 0.309 e. The number of esters is 1. The van der Waals surface area contributed by atoms with Crippen molar-refractivity contribution >= 4 is 29.3 Å². The van der Waals surface area contributed by atoms with E-state index in [1.807, 2.05) is 12.1 Å². The van der Waals surface area contributed by atoms with Crippen LogP contribution in [0.1, 0.15) is 11.1 Å². The van der Waals surface area contributed by atoms with Gasteiger partial charge in [0, 0.05) is 35.2 Å². The second-order valence-electron chi connectivity index (χ2n) is 6.37. The van der Waals surface area contributed by atoms with Crippen molar-refractivity contribution in [3.05, 3.63) is 58.6 Å². The summed E-state index contributed by atoms with van der Waals surface area (Å²) < 4.78 is 4.73. The SMILES string of the molecule is COC(=O)Cc1ccc(-c2ccc(Cl)cc2)c(C(O)(O)N2CCSCC2)c1. The van der Waals surface area contributed by atoms with Gasteiger partial charge >= 0.3 is 5.97 Å². The molecule has 1 fully saturated rings. The van der Waals surface area contributed by atoms with Gasteiger partial charge in [0.15, 0.2) is 0 Å². The third-order valence-corrected chi connectivity index (χ3v) is 5.82. The minimum Gasteiger partial charge on any atom is -0.469 e. The van der Waals surface area contributed by atoms with Crippen molar-refractivity contribution < 1.29 is 19.7 Å². The number of aliphatic hydroxyl groups is 2. The van der Waals surface area contributed by atoms with Gasteiger partial charge in [0.05, 0.1) is 13.5 Å². The number of rotatable bonds is 5. The van der Waals surface area contributed by atoms with Crippen molar-refractivity contribution in [3.63, 3.8) is 0 Å². The lowest BCUT2D eigenvalue weighted by atomic mass is 9.93. The van der Waals surface area contributed by atoms with Crippen LogP contribution in [0.2, 0.25) is 5.02 Å². The standard InChI is InChI=1S/C20H22ClNO4S/c1-26-19(23)13-14-2-7-17(15-3-5-16(21)6-4-15)18(12-14)20(24,25)22-8-10-27-11-9-22/h2-7,12,24-25H,8-11,13H2,1H3. The molecule has 1 aliphatic rings. The summed E-state index contributed by atoms with van der Waals surface area (Å²) in [7, 11) is 1.33. The highest BCUT2D eigenvalue weighted by Crippen LogP contribution is 2.35. The molecule has 2 aromatic carbocycles. The average Bonchev–Trinajstić information content (AvgIpc) is 2.69. The Bertz CT molecular complexity index is 804. The number of ether oxygens (including phenoxy) is 1. The molecule has 0 unspecified atom stereocenters. The van der Waals surface area contributed by atoms with E-state index in [4.69, 9.17) is 16.3 Å². The Morgan fingerprint density at radius 1 is 1.19 bits per heavy atom. The molecule has 5 nitrogen and oxygen atoms in total. The van der Waals surface area contributed by atoms with Crippen LogP contribution in [-0.2, 0) is 21.9 Å². The van der Waals surface area contributed by atoms with Gasteiger partial charge in [0.1, 0.15) is 0 Å². The van der Waals surface area contributed by atoms with Crippen molar-refractivity contribution in [1.82, 2.24) is 4.90 Å². The summed E-state index contributed by atoms with van der Waals surface area (Å²) in [5.74, 6) is -0.847. The number of thioether (sulfide) groups is 1. The predicted molar refractivity (Wildman–Crippen MR) is 108 cm³/mol. The number of carbonyl (C=O) groups is 1. The highest BCUT2D eigenvalue weighted by molar-refractivity contribution is 7.99. The summed E-state index contributed by atoms with van der Waals surface area (Å²) in [5.41, 5.74) is 2.51. The Labute approximate surface area is 167 Å². The fourth-order valence-electron chi connectivity index (χ4n) is 3.14. The lowest BCUT2D eigenvalue weighted by Gasteiger charge is -2.38. The fourth-order valence-corrected chi connectivity index (χ4v) is 4.17. The highest BCUT2D eigenvalue weighted by atomic mass is 35.5. The van der Waals surface area contributed by atoms with E-state index in [-0.39, 0.29) is 12.4 Å². The first-order chi connectivity index (χ1) is 12.9. The fraction of sp³-hybridized carbons (Fsp3) is 0.350. The van der Waals surface area contributed by atoms with Crippen LogP contribution in [-0.4, -0.2) is 52.8 Å². The Morgan fingerprint density at radius 3 is 2.48 bits per heavy atom. The van der Waals surface area contributed by atoms with E-state index >= 15 is 0 Å². The third kappa shape index (κ3) is 4.65. The molecule has 2 N–H and O–H groups in total. The van der Waals surface area contributed by atoms with Gasteiger partial charge in [-0.25, -0.2) is 4.90 Å². The maximum atomic E-state index is 11.7. The second kappa shape index (κ2) is 8.63. The summed E-state index contributed by atoms with van der Waals surface area (Å²) in [4.78, 5) is 13.3. The van der Waals surface area contributed by atoms with Crippen LogP contribution in [0, 0.1) is 0 Å². The molecule has 144 valence electrons. The molecule has 1 heterocycles. The van der Waals surface area contributed by atoms with Crippen LogP contribution in [0.3, 0.4) is 0 Å². The molecule has 27 heavy (non-hydrogen) atoms. The smallest absolute Gasteiger partial charge is 0.309 e. The van der Waals surface area contributed by atoms with Gasteiger partial charge < -0.3 is 14.9 Å². The van der Waals surface area contributed by atoms with Crippen molar-refractivity contribution in [1.29, 1.82) is 0 Å². The van der Waals surface area contributed by atoms with Gasteiger partial charge in [0.25, 0.3) is 5.91 Å². The van der Waals surface area contributed by atoms with Crippen molar-refractivity contribution in [2.45, 2.75) is 12.3 Å². The summed E-state index contributed by atoms with van der Waals surface area (Å²) in [5, 5.41) is 22.7. The monoisotopic (exact) mass is 407 g/mol. The Kier molecular flexibility index (Phi) is 6.44. The number of nitrogens with zero attached hydrogens (tertiary/aromatic N) is 1. The Morgan fingerprint density at radius 2 is 1.85 bits per heavy atom. The van der Waals surface area contributed by atoms with Crippen molar-refractivity contribution in [2.75, 3.05) is 31.7 Å². The van der Waals surface area contributed by atoms with Gasteiger partial charge in [-0.2, -0.15) is 11.8 Å². The molecule has 0 spiro atoms. The predicted octanol–water partition coefficient (Wildman–Crippen LogP) is 2.87. The molecule has 0 amide bonds. The molecule has 0 saturated carbocycles. The lowest BCUT2D eigenvalue weighted by molar-refractivity contribution is -0.272. The molecule has 0 aliphatic carbocycles. The van der Waals surface area contributed by atoms with Crippen LogP contribution < -0.4 is 0 Å². The van der Waals surface area contributed by atoms with E-state index in [1.165, 1.54) is 7.11 Å². The zero-order valence-corrected chi connectivity index (χ0v) is 16.6. The molecule has 1 saturated heterocycles. The first-order valence-corrected chi connectivity index (χ1v) is 10.2. The largest absolute Gasteiger partial charge is 0.469 e. The minimum absolute atomic E-state index is 0.0658. The lowest BCUT2D eigenvalue weighted by Crippen LogP contribution is -2.50. The first-order valence-electron chi connectivity index (χ1n) is 8.65. The molecule has 3 rings (SSSR count). The van der Waals surface area contributed by atoms with E-state index in [9.17, 15) is 15.0 Å². The quantitative estimate of drug-likeness (QED) is 0.586. The Balaban J connectivity index is 2.06. The average molecular weight is 408 g/mol. The molecule has 7 heteroatoms. The van der Waals surface area contributed by atoms with Gasteiger partial charge in [0.2, 0.25) is 0 Å². The molecular weight excluding hydrogens is 386 g/mol.